The van der Waals surface area contributed by atoms with Crippen molar-refractivity contribution in [2.45, 2.75) is 32.2 Å². The lowest BCUT2D eigenvalue weighted by Gasteiger charge is -2.31. The summed E-state index contributed by atoms with van der Waals surface area (Å²) < 4.78 is 0. The molecular formula is C24H27N3O2. The minimum Gasteiger partial charge on any atom is -0.369 e. The second kappa shape index (κ2) is 8.21. The van der Waals surface area contributed by atoms with Crippen LogP contribution in [0.25, 0.3) is 6.08 Å². The summed E-state index contributed by atoms with van der Waals surface area (Å²) >= 11 is 0. The summed E-state index contributed by atoms with van der Waals surface area (Å²) in [5.41, 5.74) is 10.5. The van der Waals surface area contributed by atoms with Crippen LogP contribution in [0.15, 0.2) is 54.1 Å². The summed E-state index contributed by atoms with van der Waals surface area (Å²) in [5.74, 6) is -0.206. The number of piperidine rings is 1. The summed E-state index contributed by atoms with van der Waals surface area (Å²) in [6.45, 7) is 4.56. The number of nitrogens with two attached hydrogens (primary N) is 1. The molecule has 2 amide bonds. The first-order valence-corrected chi connectivity index (χ1v) is 10.2. The van der Waals surface area contributed by atoms with Gasteiger partial charge in [-0.1, -0.05) is 43.3 Å². The average Bonchev–Trinajstić information content (AvgIpc) is 3.07. The van der Waals surface area contributed by atoms with Crippen LogP contribution in [0.4, 0.5) is 5.69 Å². The number of anilines is 1. The topological polar surface area (TPSA) is 75.4 Å². The molecule has 5 nitrogen and oxygen atoms in total. The number of nitrogens with zero attached hydrogens (tertiary/aromatic N) is 1. The molecule has 2 aromatic rings. The number of nitrogens with one attached hydrogen (secondary N) is 1. The molecule has 0 radical (unpaired) electrons. The predicted octanol–water partition coefficient (Wildman–Crippen LogP) is 3.52. The molecule has 1 aliphatic carbocycles. The van der Waals surface area contributed by atoms with E-state index in [0.29, 0.717) is 0 Å². The Morgan fingerprint density at radius 2 is 1.90 bits per heavy atom. The van der Waals surface area contributed by atoms with Crippen LogP contribution >= 0.6 is 0 Å². The Kier molecular flexibility index (Phi) is 5.49. The van der Waals surface area contributed by atoms with Crippen LogP contribution < -0.4 is 11.1 Å². The quantitative estimate of drug-likeness (QED) is 0.821. The van der Waals surface area contributed by atoms with Gasteiger partial charge in [0.15, 0.2) is 0 Å². The third kappa shape index (κ3) is 4.25. The van der Waals surface area contributed by atoms with Gasteiger partial charge in [-0.2, -0.15) is 0 Å². The molecule has 1 fully saturated rings. The molecule has 0 spiro atoms. The van der Waals surface area contributed by atoms with Crippen molar-refractivity contribution in [1.29, 1.82) is 0 Å². The molecule has 2 aromatic carbocycles. The Bertz CT molecular complexity index is 949. The SMILES string of the molecule is C[C@H]1C(C(=O)Nc2ccc(CN3CCC[C@@H](C(N)=O)C3)cc2)=Cc2ccccc21. The molecule has 1 saturated heterocycles. The van der Waals surface area contributed by atoms with E-state index in [1.54, 1.807) is 0 Å². The number of amides is 2. The van der Waals surface area contributed by atoms with E-state index in [2.05, 4.69) is 23.2 Å². The third-order valence-corrected chi connectivity index (χ3v) is 6.03. The van der Waals surface area contributed by atoms with Crippen molar-refractivity contribution in [2.75, 3.05) is 18.4 Å². The third-order valence-electron chi connectivity index (χ3n) is 6.03. The molecule has 5 heteroatoms. The van der Waals surface area contributed by atoms with E-state index in [0.717, 1.165) is 54.9 Å². The van der Waals surface area contributed by atoms with E-state index in [4.69, 9.17) is 5.73 Å². The Balaban J connectivity index is 1.36. The number of fused-ring (bicyclic) bond motifs is 1. The van der Waals surface area contributed by atoms with Crippen molar-refractivity contribution >= 4 is 23.6 Å². The van der Waals surface area contributed by atoms with E-state index in [-0.39, 0.29) is 23.7 Å². The van der Waals surface area contributed by atoms with Crippen LogP contribution in [0.3, 0.4) is 0 Å². The number of carbonyl (C=O) groups excluding carboxylic acids is 2. The normalized spacial score (nSPS) is 21.3. The maximum absolute atomic E-state index is 12.8. The summed E-state index contributed by atoms with van der Waals surface area (Å²) in [5, 5.41) is 3.02. The molecule has 4 rings (SSSR count). The highest BCUT2D eigenvalue weighted by Gasteiger charge is 2.26. The van der Waals surface area contributed by atoms with Crippen molar-refractivity contribution in [3.63, 3.8) is 0 Å². The molecule has 0 aromatic heterocycles. The lowest BCUT2D eigenvalue weighted by molar-refractivity contribution is -0.123. The molecule has 2 aliphatic rings. The van der Waals surface area contributed by atoms with E-state index in [1.807, 2.05) is 48.5 Å². The van der Waals surface area contributed by atoms with E-state index in [1.165, 1.54) is 5.56 Å². The van der Waals surface area contributed by atoms with Gasteiger partial charge in [0.1, 0.15) is 0 Å². The van der Waals surface area contributed by atoms with Gasteiger partial charge in [-0.25, -0.2) is 0 Å². The van der Waals surface area contributed by atoms with Gasteiger partial charge in [-0.15, -0.1) is 0 Å². The minimum atomic E-state index is -0.203. The Labute approximate surface area is 171 Å². The van der Waals surface area contributed by atoms with Crippen molar-refractivity contribution in [2.24, 2.45) is 11.7 Å². The van der Waals surface area contributed by atoms with Crippen LogP contribution in [0.1, 0.15) is 42.4 Å². The van der Waals surface area contributed by atoms with E-state index < -0.39 is 0 Å². The highest BCUT2D eigenvalue weighted by molar-refractivity contribution is 6.09. The van der Waals surface area contributed by atoms with E-state index >= 15 is 0 Å². The van der Waals surface area contributed by atoms with Crippen molar-refractivity contribution in [3.05, 3.63) is 70.8 Å². The molecule has 1 heterocycles. The van der Waals surface area contributed by atoms with Gasteiger partial charge < -0.3 is 11.1 Å². The molecule has 150 valence electrons. The number of carbonyl (C=O) groups is 2. The van der Waals surface area contributed by atoms with Crippen LogP contribution in [-0.4, -0.2) is 29.8 Å². The van der Waals surface area contributed by atoms with Gasteiger partial charge in [-0.05, 0) is 54.3 Å². The fourth-order valence-electron chi connectivity index (χ4n) is 4.35. The zero-order valence-electron chi connectivity index (χ0n) is 16.7. The second-order valence-corrected chi connectivity index (χ2v) is 8.08. The molecule has 1 aliphatic heterocycles. The zero-order valence-corrected chi connectivity index (χ0v) is 16.7. The van der Waals surface area contributed by atoms with Crippen molar-refractivity contribution in [3.8, 4) is 0 Å². The molecule has 29 heavy (non-hydrogen) atoms. The number of rotatable bonds is 5. The van der Waals surface area contributed by atoms with Crippen LogP contribution in [-0.2, 0) is 16.1 Å². The molecule has 3 N–H and O–H groups in total. The number of hydrogen-bond donors (Lipinski definition) is 2. The Morgan fingerprint density at radius 3 is 2.62 bits per heavy atom. The van der Waals surface area contributed by atoms with Crippen LogP contribution in [0.5, 0.6) is 0 Å². The summed E-state index contributed by atoms with van der Waals surface area (Å²) in [6.07, 6.45) is 3.86. The minimum absolute atomic E-state index is 0.0480. The number of hydrogen-bond acceptors (Lipinski definition) is 3. The van der Waals surface area contributed by atoms with Crippen LogP contribution in [0.2, 0.25) is 0 Å². The molecule has 0 saturated carbocycles. The smallest absolute Gasteiger partial charge is 0.252 e. The van der Waals surface area contributed by atoms with Crippen LogP contribution in [0, 0.1) is 5.92 Å². The standard InChI is InChI=1S/C24H27N3O2/c1-16-21-7-3-2-5-18(21)13-22(16)24(29)26-20-10-8-17(9-11-20)14-27-12-4-6-19(15-27)23(25)28/h2-3,5,7-11,13,16,19H,4,6,12,14-15H2,1H3,(H2,25,28)(H,26,29)/t16-,19-/m1/s1. The first kappa shape index (κ1) is 19.4. The van der Waals surface area contributed by atoms with Gasteiger partial charge in [0, 0.05) is 30.3 Å². The average molecular weight is 389 g/mol. The summed E-state index contributed by atoms with van der Waals surface area (Å²) in [6, 6.07) is 16.1. The largest absolute Gasteiger partial charge is 0.369 e. The summed E-state index contributed by atoms with van der Waals surface area (Å²) in [7, 11) is 0. The van der Waals surface area contributed by atoms with E-state index in [9.17, 15) is 9.59 Å². The first-order chi connectivity index (χ1) is 14.0. The highest BCUT2D eigenvalue weighted by Crippen LogP contribution is 2.36. The second-order valence-electron chi connectivity index (χ2n) is 8.08. The molecule has 2 atom stereocenters. The molecular weight excluding hydrogens is 362 g/mol. The number of primary amides is 1. The molecule has 0 bridgehead atoms. The lowest BCUT2D eigenvalue weighted by Crippen LogP contribution is -2.40. The maximum atomic E-state index is 12.8. The molecule has 0 unspecified atom stereocenters. The number of likely N-dealkylation sites (tertiary alicyclic amines) is 1. The Morgan fingerprint density at radius 1 is 1.14 bits per heavy atom. The monoisotopic (exact) mass is 389 g/mol. The fourth-order valence-corrected chi connectivity index (χ4v) is 4.35. The van der Waals surface area contributed by atoms with Gasteiger partial charge in [0.2, 0.25) is 5.91 Å². The van der Waals surface area contributed by atoms with Crippen molar-refractivity contribution in [1.82, 2.24) is 4.90 Å². The van der Waals surface area contributed by atoms with Gasteiger partial charge in [0.05, 0.1) is 5.92 Å². The Hall–Kier alpha value is -2.92. The van der Waals surface area contributed by atoms with Gasteiger partial charge >= 0.3 is 0 Å². The lowest BCUT2D eigenvalue weighted by atomic mass is 9.97. The summed E-state index contributed by atoms with van der Waals surface area (Å²) in [4.78, 5) is 26.5. The predicted molar refractivity (Wildman–Crippen MR) is 115 cm³/mol. The van der Waals surface area contributed by atoms with Crippen molar-refractivity contribution < 1.29 is 9.59 Å². The highest BCUT2D eigenvalue weighted by atomic mass is 16.2. The zero-order chi connectivity index (χ0) is 20.4. The van der Waals surface area contributed by atoms with Gasteiger partial charge in [0.25, 0.3) is 5.91 Å². The maximum Gasteiger partial charge on any atom is 0.252 e. The fraction of sp³-hybridized carbons (Fsp3) is 0.333. The number of benzene rings is 2. The van der Waals surface area contributed by atoms with Gasteiger partial charge in [-0.3, -0.25) is 14.5 Å². The first-order valence-electron chi connectivity index (χ1n) is 10.2.